The Morgan fingerprint density at radius 1 is 1.32 bits per heavy atom. The summed E-state index contributed by atoms with van der Waals surface area (Å²) in [5.41, 5.74) is 0.480. The number of aromatic amines is 1. The van der Waals surface area contributed by atoms with E-state index < -0.39 is 11.5 Å². The van der Waals surface area contributed by atoms with Crippen LogP contribution in [0.3, 0.4) is 0 Å². The molecule has 2 aromatic heterocycles. The highest BCUT2D eigenvalue weighted by Crippen LogP contribution is 2.23. The summed E-state index contributed by atoms with van der Waals surface area (Å²) in [6.07, 6.45) is 2.61. The zero-order valence-corrected chi connectivity index (χ0v) is 12.1. The molecule has 0 aliphatic heterocycles. The average Bonchev–Trinajstić information content (AvgIpc) is 2.47. The number of nitrogens with one attached hydrogen (secondary N) is 2. The largest absolute Gasteiger partial charge is 0.325 e. The fourth-order valence-electron chi connectivity index (χ4n) is 2.61. The number of carbonyl (C=O) groups excluding carboxylic acids is 2. The fourth-order valence-corrected chi connectivity index (χ4v) is 2.61. The molecule has 0 spiro atoms. The number of fused-ring (bicyclic) bond motifs is 1. The van der Waals surface area contributed by atoms with Crippen LogP contribution < -0.4 is 10.9 Å². The lowest BCUT2D eigenvalue weighted by atomic mass is 9.86. The molecule has 2 aromatic rings. The van der Waals surface area contributed by atoms with E-state index >= 15 is 0 Å². The highest BCUT2D eigenvalue weighted by atomic mass is 16.2. The number of pyridine rings is 2. The molecule has 3 rings (SSSR count). The molecule has 0 saturated carbocycles. The SMILES string of the molecule is C[C@H]1CC(=O)c2cc(C(=O)Nc3ccccn3)c(=O)[nH]c2C1. The number of amides is 1. The van der Waals surface area contributed by atoms with Crippen LogP contribution in [0.5, 0.6) is 0 Å². The van der Waals surface area contributed by atoms with Gasteiger partial charge in [0.15, 0.2) is 5.78 Å². The minimum atomic E-state index is -0.575. The van der Waals surface area contributed by atoms with Crippen LogP contribution in [0.25, 0.3) is 0 Å². The number of Topliss-reactive ketones (excluding diaryl/α,β-unsaturated/α-hetero) is 1. The normalized spacial score (nSPS) is 17.0. The predicted molar refractivity (Wildman–Crippen MR) is 81.1 cm³/mol. The third kappa shape index (κ3) is 2.67. The van der Waals surface area contributed by atoms with E-state index in [0.29, 0.717) is 29.9 Å². The molecule has 1 aliphatic rings. The van der Waals surface area contributed by atoms with Crippen molar-refractivity contribution in [3.63, 3.8) is 0 Å². The molecule has 1 amide bonds. The van der Waals surface area contributed by atoms with Crippen molar-refractivity contribution in [2.24, 2.45) is 5.92 Å². The summed E-state index contributed by atoms with van der Waals surface area (Å²) < 4.78 is 0. The first-order valence-electron chi connectivity index (χ1n) is 7.06. The molecule has 0 saturated heterocycles. The van der Waals surface area contributed by atoms with Crippen molar-refractivity contribution in [1.29, 1.82) is 0 Å². The maximum atomic E-state index is 12.2. The number of ketones is 1. The first-order chi connectivity index (χ1) is 10.5. The number of hydrogen-bond donors (Lipinski definition) is 2. The molecule has 6 nitrogen and oxygen atoms in total. The number of anilines is 1. The van der Waals surface area contributed by atoms with Gasteiger partial charge < -0.3 is 10.3 Å². The Hall–Kier alpha value is -2.76. The molecule has 1 atom stereocenters. The number of aromatic nitrogens is 2. The van der Waals surface area contributed by atoms with E-state index in [0.717, 1.165) is 0 Å². The third-order valence-corrected chi connectivity index (χ3v) is 3.66. The van der Waals surface area contributed by atoms with Gasteiger partial charge in [-0.15, -0.1) is 0 Å². The molecular weight excluding hydrogens is 282 g/mol. The molecule has 22 heavy (non-hydrogen) atoms. The van der Waals surface area contributed by atoms with Crippen LogP contribution in [0.2, 0.25) is 0 Å². The highest BCUT2D eigenvalue weighted by molar-refractivity contribution is 6.06. The van der Waals surface area contributed by atoms with Crippen LogP contribution in [0.1, 0.15) is 39.8 Å². The van der Waals surface area contributed by atoms with E-state index in [9.17, 15) is 14.4 Å². The van der Waals surface area contributed by atoms with Crippen molar-refractivity contribution in [3.05, 3.63) is 57.6 Å². The molecule has 6 heteroatoms. The second kappa shape index (κ2) is 5.55. The lowest BCUT2D eigenvalue weighted by Crippen LogP contribution is -2.29. The van der Waals surface area contributed by atoms with Crippen molar-refractivity contribution < 1.29 is 9.59 Å². The standard InChI is InChI=1S/C16H15N3O3/c1-9-6-12-10(13(20)7-9)8-11(15(21)18-12)16(22)19-14-4-2-3-5-17-14/h2-5,8-9H,6-7H2,1H3,(H,18,21)(H,17,19,22)/t9-/m1/s1. The van der Waals surface area contributed by atoms with E-state index in [1.54, 1.807) is 18.2 Å². The molecule has 0 unspecified atom stereocenters. The molecular formula is C16H15N3O3. The molecule has 0 radical (unpaired) electrons. The molecule has 0 fully saturated rings. The van der Waals surface area contributed by atoms with Crippen molar-refractivity contribution >= 4 is 17.5 Å². The Morgan fingerprint density at radius 3 is 2.86 bits per heavy atom. The number of hydrogen-bond acceptors (Lipinski definition) is 4. The zero-order chi connectivity index (χ0) is 15.7. The zero-order valence-electron chi connectivity index (χ0n) is 12.1. The van der Waals surface area contributed by atoms with Crippen LogP contribution in [-0.2, 0) is 6.42 Å². The summed E-state index contributed by atoms with van der Waals surface area (Å²) >= 11 is 0. The summed E-state index contributed by atoms with van der Waals surface area (Å²) in [6, 6.07) is 6.46. The van der Waals surface area contributed by atoms with Crippen LogP contribution in [0, 0.1) is 5.92 Å². The maximum absolute atomic E-state index is 12.2. The Bertz CT molecular complexity index is 796. The lowest BCUT2D eigenvalue weighted by molar-refractivity contribution is 0.0952. The minimum absolute atomic E-state index is 0.0445. The Kier molecular flexibility index (Phi) is 3.58. The van der Waals surface area contributed by atoms with Crippen molar-refractivity contribution in [2.75, 3.05) is 5.32 Å². The number of nitrogens with zero attached hydrogens (tertiary/aromatic N) is 1. The Morgan fingerprint density at radius 2 is 2.14 bits per heavy atom. The summed E-state index contributed by atoms with van der Waals surface area (Å²) in [7, 11) is 0. The fraction of sp³-hybridized carbons (Fsp3) is 0.250. The van der Waals surface area contributed by atoms with Gasteiger partial charge in [0.1, 0.15) is 11.4 Å². The van der Waals surface area contributed by atoms with Gasteiger partial charge in [0, 0.05) is 23.9 Å². The van der Waals surface area contributed by atoms with E-state index in [-0.39, 0.29) is 17.3 Å². The van der Waals surface area contributed by atoms with Gasteiger partial charge in [-0.2, -0.15) is 0 Å². The molecule has 0 bridgehead atoms. The Balaban J connectivity index is 1.95. The topological polar surface area (TPSA) is 91.9 Å². The van der Waals surface area contributed by atoms with Gasteiger partial charge in [0.2, 0.25) is 0 Å². The van der Waals surface area contributed by atoms with E-state index in [1.165, 1.54) is 12.3 Å². The van der Waals surface area contributed by atoms with Gasteiger partial charge in [-0.25, -0.2) is 4.98 Å². The second-order valence-electron chi connectivity index (χ2n) is 5.51. The molecule has 1 aliphatic carbocycles. The van der Waals surface area contributed by atoms with Gasteiger partial charge >= 0.3 is 0 Å². The lowest BCUT2D eigenvalue weighted by Gasteiger charge is -2.20. The number of rotatable bonds is 2. The molecule has 112 valence electrons. The first-order valence-corrected chi connectivity index (χ1v) is 7.06. The van der Waals surface area contributed by atoms with Gasteiger partial charge in [0.25, 0.3) is 11.5 Å². The quantitative estimate of drug-likeness (QED) is 0.884. The van der Waals surface area contributed by atoms with Crippen LogP contribution in [0.15, 0.2) is 35.3 Å². The number of H-pyrrole nitrogens is 1. The van der Waals surface area contributed by atoms with Crippen LogP contribution >= 0.6 is 0 Å². The smallest absolute Gasteiger partial charge is 0.262 e. The maximum Gasteiger partial charge on any atom is 0.262 e. The highest BCUT2D eigenvalue weighted by Gasteiger charge is 2.25. The van der Waals surface area contributed by atoms with Gasteiger partial charge in [-0.1, -0.05) is 13.0 Å². The van der Waals surface area contributed by atoms with Gasteiger partial charge in [-0.3, -0.25) is 14.4 Å². The van der Waals surface area contributed by atoms with Gasteiger partial charge in [0.05, 0.1) is 0 Å². The molecule has 0 aromatic carbocycles. The van der Waals surface area contributed by atoms with Crippen LogP contribution in [0.4, 0.5) is 5.82 Å². The van der Waals surface area contributed by atoms with E-state index in [2.05, 4.69) is 15.3 Å². The van der Waals surface area contributed by atoms with Crippen LogP contribution in [-0.4, -0.2) is 21.7 Å². The summed E-state index contributed by atoms with van der Waals surface area (Å²) in [5.74, 6) is -0.0699. The third-order valence-electron chi connectivity index (χ3n) is 3.66. The van der Waals surface area contributed by atoms with E-state index in [1.807, 2.05) is 6.92 Å². The van der Waals surface area contributed by atoms with Gasteiger partial charge in [-0.05, 0) is 30.5 Å². The average molecular weight is 297 g/mol. The summed E-state index contributed by atoms with van der Waals surface area (Å²) in [4.78, 5) is 43.0. The van der Waals surface area contributed by atoms with Crippen molar-refractivity contribution in [3.8, 4) is 0 Å². The summed E-state index contributed by atoms with van der Waals surface area (Å²) in [6.45, 7) is 1.96. The van der Waals surface area contributed by atoms with E-state index in [4.69, 9.17) is 0 Å². The predicted octanol–water partition coefficient (Wildman–Crippen LogP) is 1.79. The number of carbonyl (C=O) groups is 2. The minimum Gasteiger partial charge on any atom is -0.325 e. The first kappa shape index (κ1) is 14.2. The van der Waals surface area contributed by atoms with Crippen molar-refractivity contribution in [1.82, 2.24) is 9.97 Å². The molecule has 2 heterocycles. The molecule has 2 N–H and O–H groups in total. The van der Waals surface area contributed by atoms with Crippen molar-refractivity contribution in [2.45, 2.75) is 19.8 Å². The Labute approximate surface area is 126 Å². The monoisotopic (exact) mass is 297 g/mol. The second-order valence-corrected chi connectivity index (χ2v) is 5.51. The summed E-state index contributed by atoms with van der Waals surface area (Å²) in [5, 5.41) is 2.55.